The summed E-state index contributed by atoms with van der Waals surface area (Å²) in [5, 5.41) is 6.97. The van der Waals surface area contributed by atoms with E-state index >= 15 is 0 Å². The Labute approximate surface area is 125 Å². The van der Waals surface area contributed by atoms with Gasteiger partial charge in [-0.25, -0.2) is 0 Å². The average molecular weight is 276 g/mol. The maximum Gasteiger partial charge on any atom is 0.00105 e. The Morgan fingerprint density at radius 2 is 1.35 bits per heavy atom. The second kappa shape index (κ2) is 9.95. The summed E-state index contributed by atoms with van der Waals surface area (Å²) >= 11 is 0. The minimum Gasteiger partial charge on any atom is -0.316 e. The first-order valence-electron chi connectivity index (χ1n) is 8.10. The molecule has 0 atom stereocenters. The Balaban J connectivity index is 2.18. The molecule has 1 rings (SSSR count). The maximum atomic E-state index is 3.52. The first-order valence-corrected chi connectivity index (χ1v) is 8.10. The van der Waals surface area contributed by atoms with Crippen LogP contribution in [0.25, 0.3) is 0 Å². The number of hydrogen-bond donors (Lipinski definition) is 2. The lowest BCUT2D eigenvalue weighted by atomic mass is 10.1. The molecular weight excluding hydrogens is 244 g/mol. The van der Waals surface area contributed by atoms with E-state index in [1.165, 1.54) is 17.5 Å². The molecule has 0 saturated heterocycles. The molecule has 20 heavy (non-hydrogen) atoms. The van der Waals surface area contributed by atoms with Gasteiger partial charge < -0.3 is 10.6 Å². The monoisotopic (exact) mass is 276 g/mol. The number of benzene rings is 1. The molecule has 0 heterocycles. The zero-order chi connectivity index (χ0) is 14.8. The first-order chi connectivity index (χ1) is 9.58. The third kappa shape index (κ3) is 8.34. The van der Waals surface area contributed by atoms with Crippen LogP contribution in [-0.2, 0) is 12.8 Å². The van der Waals surface area contributed by atoms with E-state index in [0.717, 1.165) is 38.4 Å². The molecule has 0 bridgehead atoms. The van der Waals surface area contributed by atoms with E-state index in [1.807, 2.05) is 0 Å². The van der Waals surface area contributed by atoms with Crippen molar-refractivity contribution in [3.05, 3.63) is 35.4 Å². The lowest BCUT2D eigenvalue weighted by molar-refractivity contribution is 0.539. The van der Waals surface area contributed by atoms with E-state index in [4.69, 9.17) is 0 Å². The van der Waals surface area contributed by atoms with Gasteiger partial charge in [-0.05, 0) is 55.9 Å². The molecule has 0 aromatic heterocycles. The van der Waals surface area contributed by atoms with Crippen molar-refractivity contribution in [2.24, 2.45) is 5.92 Å². The van der Waals surface area contributed by atoms with Crippen molar-refractivity contribution in [3.63, 3.8) is 0 Å². The van der Waals surface area contributed by atoms with Gasteiger partial charge in [-0.15, -0.1) is 0 Å². The molecule has 1 aromatic rings. The van der Waals surface area contributed by atoms with Crippen LogP contribution in [0.15, 0.2) is 24.3 Å². The predicted octanol–water partition coefficient (Wildman–Crippen LogP) is 3.41. The van der Waals surface area contributed by atoms with Gasteiger partial charge in [-0.1, -0.05) is 52.0 Å². The number of hydrogen-bond acceptors (Lipinski definition) is 2. The van der Waals surface area contributed by atoms with Crippen LogP contribution in [-0.4, -0.2) is 25.7 Å². The van der Waals surface area contributed by atoms with E-state index in [0.29, 0.717) is 6.04 Å². The molecule has 0 aliphatic rings. The van der Waals surface area contributed by atoms with Crippen molar-refractivity contribution in [3.8, 4) is 0 Å². The second-order valence-electron chi connectivity index (χ2n) is 6.36. The molecule has 0 fully saturated rings. The van der Waals surface area contributed by atoms with Crippen LogP contribution in [0, 0.1) is 5.92 Å². The molecule has 2 heteroatoms. The molecule has 1 aromatic carbocycles. The van der Waals surface area contributed by atoms with Gasteiger partial charge in [0.1, 0.15) is 0 Å². The summed E-state index contributed by atoms with van der Waals surface area (Å²) in [6, 6.07) is 9.66. The summed E-state index contributed by atoms with van der Waals surface area (Å²) in [7, 11) is 0. The lowest BCUT2D eigenvalue weighted by Gasteiger charge is -2.09. The lowest BCUT2D eigenvalue weighted by Crippen LogP contribution is -2.24. The molecule has 0 amide bonds. The van der Waals surface area contributed by atoms with Crippen LogP contribution >= 0.6 is 0 Å². The van der Waals surface area contributed by atoms with Gasteiger partial charge in [0.05, 0.1) is 0 Å². The highest BCUT2D eigenvalue weighted by Gasteiger charge is 1.98. The minimum atomic E-state index is 0.575. The van der Waals surface area contributed by atoms with Gasteiger partial charge in [0, 0.05) is 6.04 Å². The minimum absolute atomic E-state index is 0.575. The van der Waals surface area contributed by atoms with Crippen molar-refractivity contribution >= 4 is 0 Å². The molecule has 2 nitrogen and oxygen atoms in total. The second-order valence-corrected chi connectivity index (χ2v) is 6.36. The van der Waals surface area contributed by atoms with Crippen LogP contribution < -0.4 is 10.6 Å². The Bertz CT molecular complexity index is 341. The molecule has 0 saturated carbocycles. The standard InChI is InChI=1S/C18H32N2/c1-15(2)9-12-19-13-10-17-5-7-18(8-6-17)11-14-20-16(3)4/h5-8,15-16,19-20H,9-14H2,1-4H3. The van der Waals surface area contributed by atoms with E-state index < -0.39 is 0 Å². The smallest absolute Gasteiger partial charge is 0.00105 e. The third-order valence-corrected chi connectivity index (χ3v) is 3.48. The fourth-order valence-electron chi connectivity index (χ4n) is 2.13. The highest BCUT2D eigenvalue weighted by Crippen LogP contribution is 2.05. The number of rotatable bonds is 10. The highest BCUT2D eigenvalue weighted by molar-refractivity contribution is 5.23. The van der Waals surface area contributed by atoms with Gasteiger partial charge >= 0.3 is 0 Å². The van der Waals surface area contributed by atoms with Gasteiger partial charge in [0.2, 0.25) is 0 Å². The summed E-state index contributed by atoms with van der Waals surface area (Å²) < 4.78 is 0. The molecule has 0 aliphatic heterocycles. The van der Waals surface area contributed by atoms with Crippen molar-refractivity contribution in [2.75, 3.05) is 19.6 Å². The van der Waals surface area contributed by atoms with Crippen molar-refractivity contribution in [2.45, 2.75) is 53.0 Å². The summed E-state index contributed by atoms with van der Waals surface area (Å²) in [5.74, 6) is 0.793. The molecule has 0 radical (unpaired) electrons. The van der Waals surface area contributed by atoms with Crippen molar-refractivity contribution in [1.29, 1.82) is 0 Å². The van der Waals surface area contributed by atoms with Gasteiger partial charge in [0.25, 0.3) is 0 Å². The van der Waals surface area contributed by atoms with E-state index in [-0.39, 0.29) is 0 Å². The Morgan fingerprint density at radius 3 is 1.85 bits per heavy atom. The van der Waals surface area contributed by atoms with Crippen LogP contribution in [0.5, 0.6) is 0 Å². The fraction of sp³-hybridized carbons (Fsp3) is 0.667. The van der Waals surface area contributed by atoms with Gasteiger partial charge in [0.15, 0.2) is 0 Å². The average Bonchev–Trinajstić information content (AvgIpc) is 2.39. The van der Waals surface area contributed by atoms with Gasteiger partial charge in [-0.3, -0.25) is 0 Å². The van der Waals surface area contributed by atoms with Crippen molar-refractivity contribution < 1.29 is 0 Å². The predicted molar refractivity (Wildman–Crippen MR) is 89.3 cm³/mol. The van der Waals surface area contributed by atoms with Crippen LogP contribution in [0.4, 0.5) is 0 Å². The highest BCUT2D eigenvalue weighted by atomic mass is 14.9. The Hall–Kier alpha value is -0.860. The quantitative estimate of drug-likeness (QED) is 0.640. The summed E-state index contributed by atoms with van der Waals surface area (Å²) in [4.78, 5) is 0. The summed E-state index contributed by atoms with van der Waals surface area (Å²) in [6.45, 7) is 12.2. The topological polar surface area (TPSA) is 24.1 Å². The van der Waals surface area contributed by atoms with E-state index in [9.17, 15) is 0 Å². The molecular formula is C18H32N2. The molecule has 0 unspecified atom stereocenters. The third-order valence-electron chi connectivity index (χ3n) is 3.48. The molecule has 114 valence electrons. The van der Waals surface area contributed by atoms with Crippen LogP contribution in [0.1, 0.15) is 45.2 Å². The van der Waals surface area contributed by atoms with Crippen LogP contribution in [0.2, 0.25) is 0 Å². The zero-order valence-corrected chi connectivity index (χ0v) is 13.7. The summed E-state index contributed by atoms with van der Waals surface area (Å²) in [5.41, 5.74) is 2.86. The fourth-order valence-corrected chi connectivity index (χ4v) is 2.13. The largest absolute Gasteiger partial charge is 0.316 e. The van der Waals surface area contributed by atoms with Gasteiger partial charge in [-0.2, -0.15) is 0 Å². The molecule has 0 aliphatic carbocycles. The Morgan fingerprint density at radius 1 is 0.800 bits per heavy atom. The van der Waals surface area contributed by atoms with Crippen molar-refractivity contribution in [1.82, 2.24) is 10.6 Å². The maximum absolute atomic E-state index is 3.52. The van der Waals surface area contributed by atoms with E-state index in [2.05, 4.69) is 62.6 Å². The van der Waals surface area contributed by atoms with E-state index in [1.54, 1.807) is 0 Å². The zero-order valence-electron chi connectivity index (χ0n) is 13.7. The summed E-state index contributed by atoms with van der Waals surface area (Å²) in [6.07, 6.45) is 3.51. The van der Waals surface area contributed by atoms with Crippen LogP contribution in [0.3, 0.4) is 0 Å². The number of nitrogens with one attached hydrogen (secondary N) is 2. The molecule has 2 N–H and O–H groups in total. The SMILES string of the molecule is CC(C)CCNCCc1ccc(CCNC(C)C)cc1. The normalized spacial score (nSPS) is 11.5. The first kappa shape index (κ1) is 17.2. The Kier molecular flexibility index (Phi) is 8.56. The molecule has 0 spiro atoms.